The van der Waals surface area contributed by atoms with Crippen LogP contribution in [-0.2, 0) is 11.3 Å². The average Bonchev–Trinajstić information content (AvgIpc) is 3.04. The molecule has 3 rings (SSSR count). The number of methoxy groups -OCH3 is 1. The topological polar surface area (TPSA) is 39.5 Å². The van der Waals surface area contributed by atoms with Gasteiger partial charge in [-0.05, 0) is 31.5 Å². The Kier molecular flexibility index (Phi) is 4.98. The van der Waals surface area contributed by atoms with Gasteiger partial charge in [0, 0.05) is 37.4 Å². The maximum atomic E-state index is 5.96. The maximum absolute atomic E-state index is 5.96. The molecule has 1 aromatic heterocycles. The molecule has 1 fully saturated rings. The van der Waals surface area contributed by atoms with Crippen molar-refractivity contribution < 1.29 is 9.47 Å². The third-order valence-electron chi connectivity index (χ3n) is 4.21. The molecule has 1 aliphatic rings. The first kappa shape index (κ1) is 16.0. The van der Waals surface area contributed by atoms with Crippen molar-refractivity contribution in [2.24, 2.45) is 0 Å². The molecule has 2 heterocycles. The van der Waals surface area contributed by atoms with Crippen LogP contribution in [0.1, 0.15) is 37.1 Å². The molecule has 5 nitrogen and oxygen atoms in total. The Hall–Kier alpha value is -1.85. The summed E-state index contributed by atoms with van der Waals surface area (Å²) < 4.78 is 13.3. The third-order valence-corrected chi connectivity index (χ3v) is 4.21. The summed E-state index contributed by atoms with van der Waals surface area (Å²) in [7, 11) is 1.69. The zero-order valence-electron chi connectivity index (χ0n) is 14.1. The fourth-order valence-corrected chi connectivity index (χ4v) is 2.89. The van der Waals surface area contributed by atoms with E-state index in [4.69, 9.17) is 9.47 Å². The highest BCUT2D eigenvalue weighted by Gasteiger charge is 2.22. The molecule has 0 amide bonds. The first-order valence-electron chi connectivity index (χ1n) is 8.16. The molecule has 0 N–H and O–H groups in total. The van der Waals surface area contributed by atoms with E-state index in [1.807, 2.05) is 23.0 Å². The third kappa shape index (κ3) is 3.92. The molecule has 1 saturated heterocycles. The minimum absolute atomic E-state index is 0.0963. The largest absolute Gasteiger partial charge is 0.497 e. The van der Waals surface area contributed by atoms with Gasteiger partial charge in [0.1, 0.15) is 5.75 Å². The lowest BCUT2D eigenvalue weighted by atomic mass is 10.1. The zero-order valence-corrected chi connectivity index (χ0v) is 14.1. The normalized spacial score (nSPS) is 19.2. The van der Waals surface area contributed by atoms with Crippen LogP contribution in [0.4, 0.5) is 0 Å². The summed E-state index contributed by atoms with van der Waals surface area (Å²) in [6.45, 7) is 7.79. The Morgan fingerprint density at radius 2 is 2.26 bits per heavy atom. The Morgan fingerprint density at radius 3 is 3.00 bits per heavy atom. The van der Waals surface area contributed by atoms with E-state index in [0.717, 1.165) is 32.0 Å². The Balaban J connectivity index is 1.65. The summed E-state index contributed by atoms with van der Waals surface area (Å²) in [6, 6.07) is 8.55. The van der Waals surface area contributed by atoms with E-state index in [-0.39, 0.29) is 6.10 Å². The number of aromatic nitrogens is 2. The molecular formula is C18H25N3O2. The smallest absolute Gasteiger partial charge is 0.119 e. The van der Waals surface area contributed by atoms with Crippen LogP contribution in [0.3, 0.4) is 0 Å². The Morgan fingerprint density at radius 1 is 1.39 bits per heavy atom. The second-order valence-corrected chi connectivity index (χ2v) is 6.29. The number of hydrogen-bond donors (Lipinski definition) is 0. The van der Waals surface area contributed by atoms with Gasteiger partial charge in [-0.25, -0.2) is 0 Å². The number of nitrogens with zero attached hydrogens (tertiary/aromatic N) is 3. The van der Waals surface area contributed by atoms with Gasteiger partial charge in [0.25, 0.3) is 0 Å². The summed E-state index contributed by atoms with van der Waals surface area (Å²) in [5.74, 6) is 0.876. The van der Waals surface area contributed by atoms with Crippen molar-refractivity contribution in [1.29, 1.82) is 0 Å². The van der Waals surface area contributed by atoms with Crippen LogP contribution in [0.5, 0.6) is 5.75 Å². The molecule has 5 heteroatoms. The van der Waals surface area contributed by atoms with Gasteiger partial charge in [0.15, 0.2) is 0 Å². The van der Waals surface area contributed by atoms with Gasteiger partial charge in [0.05, 0.1) is 26.0 Å². The first-order chi connectivity index (χ1) is 11.2. The number of rotatable bonds is 5. The van der Waals surface area contributed by atoms with Crippen LogP contribution < -0.4 is 4.74 Å². The minimum Gasteiger partial charge on any atom is -0.497 e. The monoisotopic (exact) mass is 315 g/mol. The van der Waals surface area contributed by atoms with E-state index in [1.54, 1.807) is 7.11 Å². The molecule has 1 atom stereocenters. The van der Waals surface area contributed by atoms with Crippen LogP contribution in [0, 0.1) is 0 Å². The maximum Gasteiger partial charge on any atom is 0.119 e. The van der Waals surface area contributed by atoms with Crippen molar-refractivity contribution in [3.05, 3.63) is 47.8 Å². The number of hydrogen-bond acceptors (Lipinski definition) is 4. The van der Waals surface area contributed by atoms with Gasteiger partial charge in [-0.3, -0.25) is 9.58 Å². The molecular weight excluding hydrogens is 290 g/mol. The molecule has 1 unspecified atom stereocenters. The summed E-state index contributed by atoms with van der Waals surface area (Å²) in [4.78, 5) is 2.43. The van der Waals surface area contributed by atoms with Crippen molar-refractivity contribution >= 4 is 0 Å². The van der Waals surface area contributed by atoms with E-state index in [2.05, 4.69) is 42.2 Å². The first-order valence-corrected chi connectivity index (χ1v) is 8.16. The average molecular weight is 315 g/mol. The molecule has 0 bridgehead atoms. The second kappa shape index (κ2) is 7.15. The van der Waals surface area contributed by atoms with Crippen molar-refractivity contribution in [2.75, 3.05) is 26.8 Å². The van der Waals surface area contributed by atoms with Crippen LogP contribution in [0.25, 0.3) is 0 Å². The molecule has 2 aromatic rings. The van der Waals surface area contributed by atoms with Gasteiger partial charge in [0.2, 0.25) is 0 Å². The number of ether oxygens (including phenoxy) is 2. The Bertz CT molecular complexity index is 639. The van der Waals surface area contributed by atoms with E-state index < -0.39 is 0 Å². The molecule has 1 aliphatic heterocycles. The molecule has 0 radical (unpaired) electrons. The van der Waals surface area contributed by atoms with Gasteiger partial charge >= 0.3 is 0 Å². The van der Waals surface area contributed by atoms with Gasteiger partial charge in [-0.15, -0.1) is 0 Å². The molecule has 0 spiro atoms. The summed E-state index contributed by atoms with van der Waals surface area (Å²) in [5.41, 5.74) is 2.43. The van der Waals surface area contributed by atoms with Crippen molar-refractivity contribution in [2.45, 2.75) is 32.5 Å². The fraction of sp³-hybridized carbons (Fsp3) is 0.500. The highest BCUT2D eigenvalue weighted by molar-refractivity contribution is 5.30. The minimum atomic E-state index is 0.0963. The molecule has 124 valence electrons. The molecule has 0 aliphatic carbocycles. The summed E-state index contributed by atoms with van der Waals surface area (Å²) >= 11 is 0. The van der Waals surface area contributed by atoms with Crippen LogP contribution >= 0.6 is 0 Å². The SMILES string of the molecule is COc1cccc(C2CN(Cc3cnn(C(C)C)c3)CCO2)c1. The lowest BCUT2D eigenvalue weighted by Crippen LogP contribution is -2.37. The zero-order chi connectivity index (χ0) is 16.2. The van der Waals surface area contributed by atoms with Crippen molar-refractivity contribution in [3.8, 4) is 5.75 Å². The quantitative estimate of drug-likeness (QED) is 0.850. The van der Waals surface area contributed by atoms with E-state index in [0.29, 0.717) is 6.04 Å². The van der Waals surface area contributed by atoms with E-state index >= 15 is 0 Å². The van der Waals surface area contributed by atoms with Crippen molar-refractivity contribution in [3.63, 3.8) is 0 Å². The van der Waals surface area contributed by atoms with Gasteiger partial charge in [-0.2, -0.15) is 5.10 Å². The summed E-state index contributed by atoms with van der Waals surface area (Å²) in [5, 5.41) is 4.42. The predicted octanol–water partition coefficient (Wildman–Crippen LogP) is 3.05. The molecule has 23 heavy (non-hydrogen) atoms. The summed E-state index contributed by atoms with van der Waals surface area (Å²) in [6.07, 6.45) is 4.20. The number of benzene rings is 1. The van der Waals surface area contributed by atoms with Crippen LogP contribution in [0.15, 0.2) is 36.7 Å². The van der Waals surface area contributed by atoms with Crippen molar-refractivity contribution in [1.82, 2.24) is 14.7 Å². The Labute approximate surface area is 137 Å². The van der Waals surface area contributed by atoms with Crippen LogP contribution in [0.2, 0.25) is 0 Å². The lowest BCUT2D eigenvalue weighted by Gasteiger charge is -2.33. The fourth-order valence-electron chi connectivity index (χ4n) is 2.89. The highest BCUT2D eigenvalue weighted by Crippen LogP contribution is 2.26. The molecule has 0 saturated carbocycles. The van der Waals surface area contributed by atoms with Crippen LogP contribution in [-0.4, -0.2) is 41.5 Å². The predicted molar refractivity (Wildman–Crippen MR) is 89.6 cm³/mol. The molecule has 1 aromatic carbocycles. The lowest BCUT2D eigenvalue weighted by molar-refractivity contribution is -0.0330. The second-order valence-electron chi connectivity index (χ2n) is 6.29. The van der Waals surface area contributed by atoms with E-state index in [1.165, 1.54) is 11.1 Å². The highest BCUT2D eigenvalue weighted by atomic mass is 16.5. The standard InChI is InChI=1S/C18H25N3O2/c1-14(2)21-12-15(10-19-21)11-20-7-8-23-18(13-20)16-5-4-6-17(9-16)22-3/h4-6,9-10,12,14,18H,7-8,11,13H2,1-3H3. The van der Waals surface area contributed by atoms with E-state index in [9.17, 15) is 0 Å². The van der Waals surface area contributed by atoms with Gasteiger partial charge in [-0.1, -0.05) is 12.1 Å². The van der Waals surface area contributed by atoms with Gasteiger partial charge < -0.3 is 9.47 Å². The number of morpholine rings is 1.